The molecule has 30 heavy (non-hydrogen) atoms. The molecule has 0 saturated carbocycles. The Morgan fingerprint density at radius 2 is 1.90 bits per heavy atom. The zero-order valence-corrected chi connectivity index (χ0v) is 20.1. The Bertz CT molecular complexity index is 879. The summed E-state index contributed by atoms with van der Waals surface area (Å²) in [5, 5.41) is 3.80. The van der Waals surface area contributed by atoms with Crippen molar-refractivity contribution < 1.29 is 14.3 Å². The summed E-state index contributed by atoms with van der Waals surface area (Å²) in [4.78, 5) is 27.1. The van der Waals surface area contributed by atoms with Crippen molar-refractivity contribution in [1.29, 1.82) is 0 Å². The van der Waals surface area contributed by atoms with Crippen LogP contribution >= 0.6 is 39.1 Å². The third kappa shape index (κ3) is 7.18. The van der Waals surface area contributed by atoms with Gasteiger partial charge in [0.2, 0.25) is 5.91 Å². The van der Waals surface area contributed by atoms with Gasteiger partial charge in [-0.25, -0.2) is 0 Å². The van der Waals surface area contributed by atoms with Crippen molar-refractivity contribution in [2.75, 3.05) is 13.2 Å². The molecule has 0 aromatic heterocycles. The molecule has 0 unspecified atom stereocenters. The molecule has 0 saturated heterocycles. The van der Waals surface area contributed by atoms with Crippen molar-refractivity contribution in [1.82, 2.24) is 10.2 Å². The maximum Gasteiger partial charge on any atom is 0.261 e. The molecule has 0 spiro atoms. The highest BCUT2D eigenvalue weighted by Crippen LogP contribution is 2.28. The predicted molar refractivity (Wildman–Crippen MR) is 124 cm³/mol. The van der Waals surface area contributed by atoms with Crippen molar-refractivity contribution in [2.24, 2.45) is 0 Å². The Labute approximate surface area is 195 Å². The van der Waals surface area contributed by atoms with Crippen LogP contribution in [-0.4, -0.2) is 35.9 Å². The average Bonchev–Trinajstić information content (AvgIpc) is 2.72. The predicted octanol–water partition coefficient (Wildman–Crippen LogP) is 5.47. The van der Waals surface area contributed by atoms with Crippen molar-refractivity contribution in [3.63, 3.8) is 0 Å². The number of hydrogen-bond acceptors (Lipinski definition) is 3. The molecule has 0 aliphatic heterocycles. The number of carbonyl (C=O) groups excluding carboxylic acids is 2. The van der Waals surface area contributed by atoms with E-state index in [0.717, 1.165) is 22.9 Å². The average molecular weight is 516 g/mol. The highest BCUT2D eigenvalue weighted by atomic mass is 79.9. The topological polar surface area (TPSA) is 58.6 Å². The third-order valence-electron chi connectivity index (χ3n) is 4.54. The molecule has 2 rings (SSSR count). The number of nitrogens with zero attached hydrogens (tertiary/aromatic N) is 1. The van der Waals surface area contributed by atoms with Crippen LogP contribution in [0.25, 0.3) is 0 Å². The van der Waals surface area contributed by atoms with Gasteiger partial charge in [-0.3, -0.25) is 9.59 Å². The lowest BCUT2D eigenvalue weighted by Crippen LogP contribution is -2.49. The molecule has 2 aromatic rings. The maximum absolute atomic E-state index is 13.0. The van der Waals surface area contributed by atoms with Gasteiger partial charge in [0.05, 0.1) is 5.02 Å². The molecule has 0 bridgehead atoms. The molecule has 0 aliphatic carbocycles. The fourth-order valence-electron chi connectivity index (χ4n) is 2.74. The second-order valence-corrected chi connectivity index (χ2v) is 8.53. The van der Waals surface area contributed by atoms with E-state index in [4.69, 9.17) is 27.9 Å². The van der Waals surface area contributed by atoms with Gasteiger partial charge in [-0.2, -0.15) is 0 Å². The van der Waals surface area contributed by atoms with Crippen LogP contribution in [0.2, 0.25) is 10.0 Å². The van der Waals surface area contributed by atoms with Crippen molar-refractivity contribution >= 4 is 50.9 Å². The molecule has 5 nitrogen and oxygen atoms in total. The molecule has 8 heteroatoms. The minimum Gasteiger partial charge on any atom is -0.482 e. The van der Waals surface area contributed by atoms with Crippen LogP contribution in [0, 0.1) is 0 Å². The summed E-state index contributed by atoms with van der Waals surface area (Å²) in [6, 6.07) is 11.7. The zero-order chi connectivity index (χ0) is 22.1. The molecule has 1 atom stereocenters. The lowest BCUT2D eigenvalue weighted by Gasteiger charge is -2.29. The van der Waals surface area contributed by atoms with Gasteiger partial charge in [0.15, 0.2) is 6.61 Å². The Morgan fingerprint density at radius 1 is 1.17 bits per heavy atom. The quantitative estimate of drug-likeness (QED) is 0.427. The van der Waals surface area contributed by atoms with Crippen LogP contribution in [0.3, 0.4) is 0 Å². The van der Waals surface area contributed by atoms with Gasteiger partial charge in [0, 0.05) is 22.6 Å². The first-order chi connectivity index (χ1) is 14.3. The standard InChI is InChI=1S/C22H25BrCl2N2O3/c1-3-4-11-26-22(29)15(2)27(13-16-7-5-6-8-18(16)24)21(28)14-30-20-10-9-17(23)12-19(20)25/h5-10,12,15H,3-4,11,13-14H2,1-2H3,(H,26,29)/t15-/m0/s1. The van der Waals surface area contributed by atoms with E-state index in [1.54, 1.807) is 31.2 Å². The van der Waals surface area contributed by atoms with E-state index in [2.05, 4.69) is 21.2 Å². The largest absolute Gasteiger partial charge is 0.482 e. The van der Waals surface area contributed by atoms with Gasteiger partial charge in [-0.1, -0.05) is 70.7 Å². The van der Waals surface area contributed by atoms with Gasteiger partial charge in [-0.15, -0.1) is 0 Å². The van der Waals surface area contributed by atoms with E-state index in [1.807, 2.05) is 25.1 Å². The number of unbranched alkanes of at least 4 members (excludes halogenated alkanes) is 1. The van der Waals surface area contributed by atoms with E-state index in [0.29, 0.717) is 22.3 Å². The number of nitrogens with one attached hydrogen (secondary N) is 1. The maximum atomic E-state index is 13.0. The minimum atomic E-state index is -0.686. The first-order valence-corrected chi connectivity index (χ1v) is 11.3. The summed E-state index contributed by atoms with van der Waals surface area (Å²) in [7, 11) is 0. The smallest absolute Gasteiger partial charge is 0.261 e. The highest BCUT2D eigenvalue weighted by molar-refractivity contribution is 9.10. The minimum absolute atomic E-state index is 0.193. The summed E-state index contributed by atoms with van der Waals surface area (Å²) in [6.45, 7) is 4.26. The molecule has 0 heterocycles. The summed E-state index contributed by atoms with van der Waals surface area (Å²) >= 11 is 15.8. The van der Waals surface area contributed by atoms with Crippen molar-refractivity contribution in [2.45, 2.75) is 39.3 Å². The van der Waals surface area contributed by atoms with Gasteiger partial charge in [0.1, 0.15) is 11.8 Å². The van der Waals surface area contributed by atoms with Crippen LogP contribution in [0.15, 0.2) is 46.9 Å². The van der Waals surface area contributed by atoms with E-state index in [1.165, 1.54) is 4.90 Å². The Morgan fingerprint density at radius 3 is 2.57 bits per heavy atom. The lowest BCUT2D eigenvalue weighted by atomic mass is 10.1. The van der Waals surface area contributed by atoms with E-state index in [9.17, 15) is 9.59 Å². The number of hydrogen-bond donors (Lipinski definition) is 1. The molecule has 0 radical (unpaired) electrons. The number of benzene rings is 2. The van der Waals surface area contributed by atoms with Gasteiger partial charge >= 0.3 is 0 Å². The van der Waals surface area contributed by atoms with E-state index >= 15 is 0 Å². The molecule has 1 N–H and O–H groups in total. The Hall–Kier alpha value is -1.76. The number of rotatable bonds is 10. The molecule has 162 valence electrons. The molecule has 2 amide bonds. The Balaban J connectivity index is 2.15. The van der Waals surface area contributed by atoms with Crippen molar-refractivity contribution in [3.05, 3.63) is 62.5 Å². The van der Waals surface area contributed by atoms with E-state index < -0.39 is 6.04 Å². The second kappa shape index (κ2) is 12.2. The Kier molecular flexibility index (Phi) is 9.95. The van der Waals surface area contributed by atoms with Crippen LogP contribution in [-0.2, 0) is 16.1 Å². The first-order valence-electron chi connectivity index (χ1n) is 9.72. The number of amides is 2. The van der Waals surface area contributed by atoms with E-state index in [-0.39, 0.29) is 25.0 Å². The second-order valence-electron chi connectivity index (χ2n) is 6.80. The summed E-state index contributed by atoms with van der Waals surface area (Å²) < 4.78 is 6.43. The fourth-order valence-corrected chi connectivity index (χ4v) is 3.67. The zero-order valence-electron chi connectivity index (χ0n) is 17.0. The van der Waals surface area contributed by atoms with Gasteiger partial charge < -0.3 is 15.0 Å². The summed E-state index contributed by atoms with van der Waals surface area (Å²) in [6.07, 6.45) is 1.85. The van der Waals surface area contributed by atoms with Crippen LogP contribution < -0.4 is 10.1 Å². The van der Waals surface area contributed by atoms with Gasteiger partial charge in [0.25, 0.3) is 5.91 Å². The molecule has 0 fully saturated rings. The molecule has 0 aliphatic rings. The van der Waals surface area contributed by atoms with Crippen LogP contribution in [0.1, 0.15) is 32.3 Å². The summed E-state index contributed by atoms with van der Waals surface area (Å²) in [5.41, 5.74) is 0.752. The fraction of sp³-hybridized carbons (Fsp3) is 0.364. The normalized spacial score (nSPS) is 11.6. The number of halogens is 3. The lowest BCUT2D eigenvalue weighted by molar-refractivity contribution is -0.142. The number of ether oxygens (including phenoxy) is 1. The highest BCUT2D eigenvalue weighted by Gasteiger charge is 2.27. The number of carbonyl (C=O) groups is 2. The van der Waals surface area contributed by atoms with Crippen molar-refractivity contribution in [3.8, 4) is 5.75 Å². The SMILES string of the molecule is CCCCNC(=O)[C@H](C)N(Cc1ccccc1Cl)C(=O)COc1ccc(Br)cc1Cl. The van der Waals surface area contributed by atoms with Gasteiger partial charge in [-0.05, 0) is 43.2 Å². The molecule has 2 aromatic carbocycles. The molecular weight excluding hydrogens is 491 g/mol. The van der Waals surface area contributed by atoms with Crippen LogP contribution in [0.4, 0.5) is 0 Å². The molecular formula is C22H25BrCl2N2O3. The van der Waals surface area contributed by atoms with Crippen LogP contribution in [0.5, 0.6) is 5.75 Å². The monoisotopic (exact) mass is 514 g/mol. The summed E-state index contributed by atoms with van der Waals surface area (Å²) in [5.74, 6) is -0.163. The third-order valence-corrected chi connectivity index (χ3v) is 5.70. The first kappa shape index (κ1) is 24.5.